The van der Waals surface area contributed by atoms with Gasteiger partial charge in [-0.15, -0.1) is 11.8 Å². The Morgan fingerprint density at radius 3 is 3.00 bits per heavy atom. The first-order valence-electron chi connectivity index (χ1n) is 4.57. The molecule has 0 saturated heterocycles. The molecule has 0 spiro atoms. The van der Waals surface area contributed by atoms with Gasteiger partial charge in [-0.25, -0.2) is 4.98 Å². The zero-order chi connectivity index (χ0) is 10.9. The molecule has 15 heavy (non-hydrogen) atoms. The van der Waals surface area contributed by atoms with Crippen molar-refractivity contribution in [3.05, 3.63) is 24.4 Å². The van der Waals surface area contributed by atoms with Crippen molar-refractivity contribution in [1.82, 2.24) is 4.98 Å². The van der Waals surface area contributed by atoms with Gasteiger partial charge in [-0.1, -0.05) is 6.07 Å². The summed E-state index contributed by atoms with van der Waals surface area (Å²) in [6.45, 7) is 1.85. The highest BCUT2D eigenvalue weighted by molar-refractivity contribution is 8.02. The van der Waals surface area contributed by atoms with Crippen LogP contribution in [0.2, 0.25) is 0 Å². The molecule has 0 saturated carbocycles. The van der Waals surface area contributed by atoms with Gasteiger partial charge in [0, 0.05) is 24.6 Å². The minimum atomic E-state index is 0.711. The quantitative estimate of drug-likeness (QED) is 0.261. The van der Waals surface area contributed by atoms with Crippen molar-refractivity contribution in [2.24, 2.45) is 4.40 Å². The molecule has 82 valence electrons. The van der Waals surface area contributed by atoms with Crippen LogP contribution in [0.25, 0.3) is 0 Å². The fraction of sp³-hybridized carbons (Fsp3) is 0.400. The van der Waals surface area contributed by atoms with Gasteiger partial charge in [0.15, 0.2) is 5.90 Å². The summed E-state index contributed by atoms with van der Waals surface area (Å²) in [5, 5.41) is 1.06. The molecule has 1 rings (SSSR count). The third kappa shape index (κ3) is 5.69. The van der Waals surface area contributed by atoms with Gasteiger partial charge in [-0.3, -0.25) is 0 Å². The molecule has 0 aromatic carbocycles. The topological polar surface area (TPSA) is 34.5 Å². The number of pyridine rings is 1. The predicted octanol–water partition coefficient (Wildman–Crippen LogP) is 2.89. The molecule has 0 fully saturated rings. The fourth-order valence-corrected chi connectivity index (χ4v) is 2.29. The van der Waals surface area contributed by atoms with E-state index >= 15 is 0 Å². The summed E-state index contributed by atoms with van der Waals surface area (Å²) in [7, 11) is 1.63. The maximum absolute atomic E-state index is 4.93. The number of nitrogens with zero attached hydrogens (tertiary/aromatic N) is 2. The van der Waals surface area contributed by atoms with Crippen molar-refractivity contribution in [1.29, 1.82) is 0 Å². The number of methoxy groups -OCH3 is 1. The average molecular weight is 242 g/mol. The summed E-state index contributed by atoms with van der Waals surface area (Å²) in [5.41, 5.74) is 0. The number of aromatic nitrogens is 1. The Hall–Kier alpha value is -0.680. The van der Waals surface area contributed by atoms with Gasteiger partial charge in [0.05, 0.1) is 12.1 Å². The number of ether oxygens (including phenoxy) is 1. The van der Waals surface area contributed by atoms with E-state index in [1.807, 2.05) is 31.3 Å². The lowest BCUT2D eigenvalue weighted by Crippen LogP contribution is -1.92. The molecule has 1 heterocycles. The zero-order valence-corrected chi connectivity index (χ0v) is 10.5. The molecular formula is C10H14N2OS2. The Labute approximate surface area is 98.9 Å². The first kappa shape index (κ1) is 12.4. The molecule has 0 aliphatic carbocycles. The van der Waals surface area contributed by atoms with Crippen molar-refractivity contribution in [3.8, 4) is 0 Å². The van der Waals surface area contributed by atoms with E-state index in [4.69, 9.17) is 4.74 Å². The molecule has 0 aliphatic rings. The molecule has 0 N–H and O–H groups in total. The SMILES string of the molecule is COC(C)=NSCCSc1ccccn1. The van der Waals surface area contributed by atoms with Crippen LogP contribution in [0.15, 0.2) is 33.8 Å². The normalized spacial score (nSPS) is 11.5. The van der Waals surface area contributed by atoms with Gasteiger partial charge in [0.25, 0.3) is 0 Å². The van der Waals surface area contributed by atoms with Crippen LogP contribution in [-0.4, -0.2) is 29.5 Å². The molecule has 1 aromatic rings. The van der Waals surface area contributed by atoms with Crippen molar-refractivity contribution in [3.63, 3.8) is 0 Å². The van der Waals surface area contributed by atoms with Crippen LogP contribution in [0.1, 0.15) is 6.92 Å². The molecule has 0 bridgehead atoms. The van der Waals surface area contributed by atoms with E-state index in [1.54, 1.807) is 18.9 Å². The fourth-order valence-electron chi connectivity index (χ4n) is 0.790. The van der Waals surface area contributed by atoms with Crippen LogP contribution in [0, 0.1) is 0 Å². The van der Waals surface area contributed by atoms with Crippen LogP contribution in [0.5, 0.6) is 0 Å². The summed E-state index contributed by atoms with van der Waals surface area (Å²) in [5.74, 6) is 2.67. The minimum absolute atomic E-state index is 0.711. The first-order chi connectivity index (χ1) is 7.33. The molecule has 1 aromatic heterocycles. The Morgan fingerprint density at radius 1 is 1.47 bits per heavy atom. The molecule has 0 atom stereocenters. The number of hydrogen-bond donors (Lipinski definition) is 0. The van der Waals surface area contributed by atoms with Crippen LogP contribution >= 0.6 is 23.7 Å². The van der Waals surface area contributed by atoms with Crippen LogP contribution < -0.4 is 0 Å². The molecule has 0 aliphatic heterocycles. The standard InChI is InChI=1S/C10H14N2OS2/c1-9(13-2)12-15-8-7-14-10-5-3-4-6-11-10/h3-6H,7-8H2,1-2H3. The summed E-state index contributed by atoms with van der Waals surface area (Å²) in [6, 6.07) is 5.93. The van der Waals surface area contributed by atoms with E-state index in [1.165, 1.54) is 11.9 Å². The van der Waals surface area contributed by atoms with Crippen LogP contribution in [0.4, 0.5) is 0 Å². The molecule has 3 nitrogen and oxygen atoms in total. The van der Waals surface area contributed by atoms with Gasteiger partial charge in [-0.05, 0) is 24.1 Å². The van der Waals surface area contributed by atoms with Crippen molar-refractivity contribution in [2.75, 3.05) is 18.6 Å². The monoisotopic (exact) mass is 242 g/mol. The minimum Gasteiger partial charge on any atom is -0.484 e. The third-order valence-corrected chi connectivity index (χ3v) is 3.53. The summed E-state index contributed by atoms with van der Waals surface area (Å²) >= 11 is 3.26. The Morgan fingerprint density at radius 2 is 2.33 bits per heavy atom. The highest BCUT2D eigenvalue weighted by Gasteiger charge is 1.94. The van der Waals surface area contributed by atoms with E-state index < -0.39 is 0 Å². The molecule has 0 amide bonds. The second-order valence-electron chi connectivity index (χ2n) is 2.66. The zero-order valence-electron chi connectivity index (χ0n) is 8.84. The van der Waals surface area contributed by atoms with E-state index in [-0.39, 0.29) is 0 Å². The smallest absolute Gasteiger partial charge is 0.191 e. The number of hydrogen-bond acceptors (Lipinski definition) is 5. The van der Waals surface area contributed by atoms with E-state index in [0.717, 1.165) is 16.5 Å². The van der Waals surface area contributed by atoms with Crippen molar-refractivity contribution < 1.29 is 4.74 Å². The summed E-state index contributed by atoms with van der Waals surface area (Å²) in [4.78, 5) is 4.22. The number of thioether (sulfide) groups is 1. The van der Waals surface area contributed by atoms with Gasteiger partial charge in [0.2, 0.25) is 0 Å². The lowest BCUT2D eigenvalue weighted by molar-refractivity contribution is 0.401. The Kier molecular flexibility index (Phi) is 6.27. The summed E-state index contributed by atoms with van der Waals surface area (Å²) < 4.78 is 9.08. The highest BCUT2D eigenvalue weighted by Crippen LogP contribution is 2.16. The average Bonchev–Trinajstić information content (AvgIpc) is 2.29. The van der Waals surface area contributed by atoms with Gasteiger partial charge in [0.1, 0.15) is 0 Å². The van der Waals surface area contributed by atoms with Crippen molar-refractivity contribution >= 4 is 29.6 Å². The lowest BCUT2D eigenvalue weighted by Gasteiger charge is -1.99. The predicted molar refractivity (Wildman–Crippen MR) is 67.5 cm³/mol. The lowest BCUT2D eigenvalue weighted by atomic mass is 10.5. The van der Waals surface area contributed by atoms with E-state index in [2.05, 4.69) is 9.38 Å². The van der Waals surface area contributed by atoms with Crippen molar-refractivity contribution in [2.45, 2.75) is 11.9 Å². The van der Waals surface area contributed by atoms with Crippen LogP contribution in [0.3, 0.4) is 0 Å². The molecule has 5 heteroatoms. The third-order valence-electron chi connectivity index (χ3n) is 1.55. The van der Waals surface area contributed by atoms with Gasteiger partial charge >= 0.3 is 0 Å². The Bertz CT molecular complexity index is 304. The van der Waals surface area contributed by atoms with E-state index in [9.17, 15) is 0 Å². The maximum atomic E-state index is 4.93. The number of rotatable bonds is 5. The molecule has 0 unspecified atom stereocenters. The van der Waals surface area contributed by atoms with Crippen LogP contribution in [-0.2, 0) is 4.74 Å². The van der Waals surface area contributed by atoms with E-state index in [0.29, 0.717) is 5.90 Å². The second-order valence-corrected chi connectivity index (χ2v) is 4.63. The summed E-state index contributed by atoms with van der Waals surface area (Å²) in [6.07, 6.45) is 1.81. The first-order valence-corrected chi connectivity index (χ1v) is 6.50. The largest absolute Gasteiger partial charge is 0.484 e. The molecule has 0 radical (unpaired) electrons. The van der Waals surface area contributed by atoms with Gasteiger partial charge in [-0.2, -0.15) is 4.40 Å². The molecular weight excluding hydrogens is 228 g/mol. The second kappa shape index (κ2) is 7.59. The highest BCUT2D eigenvalue weighted by atomic mass is 32.2. The Balaban J connectivity index is 2.13. The van der Waals surface area contributed by atoms with Gasteiger partial charge < -0.3 is 4.74 Å². The maximum Gasteiger partial charge on any atom is 0.191 e.